The molecule has 6 rings (SSSR count). The van der Waals surface area contributed by atoms with Crippen LogP contribution >= 0.6 is 0 Å². The summed E-state index contributed by atoms with van der Waals surface area (Å²) in [4.78, 5) is 25.8. The van der Waals surface area contributed by atoms with Crippen LogP contribution in [-0.2, 0) is 6.54 Å². The van der Waals surface area contributed by atoms with E-state index >= 15 is 0 Å². The normalized spacial score (nSPS) is 29.0. The summed E-state index contributed by atoms with van der Waals surface area (Å²) in [5, 5.41) is 10.4. The van der Waals surface area contributed by atoms with Crippen molar-refractivity contribution >= 4 is 17.3 Å². The third kappa shape index (κ3) is 3.67. The second-order valence-electron chi connectivity index (χ2n) is 10.9. The zero-order valence-electron chi connectivity index (χ0n) is 19.3. The second kappa shape index (κ2) is 7.65. The number of nitrogens with zero attached hydrogens (tertiary/aromatic N) is 2. The molecule has 34 heavy (non-hydrogen) atoms. The minimum atomic E-state index is -0.343. The van der Waals surface area contributed by atoms with Gasteiger partial charge in [-0.3, -0.25) is 9.59 Å². The molecule has 3 aliphatic carbocycles. The average Bonchev–Trinajstić information content (AvgIpc) is 3.16. The SMILES string of the molecule is CC1CC2(CNC(=O)c3cccn4nc(C(=O)NCc5ccc(F)cc5)cc34)CC3CC3(C1)C2. The van der Waals surface area contributed by atoms with Gasteiger partial charge in [-0.15, -0.1) is 0 Å². The minimum absolute atomic E-state index is 0.119. The van der Waals surface area contributed by atoms with E-state index in [0.717, 1.165) is 17.4 Å². The molecular weight excluding hydrogens is 431 g/mol. The summed E-state index contributed by atoms with van der Waals surface area (Å²) in [5.74, 6) is 0.815. The average molecular weight is 461 g/mol. The van der Waals surface area contributed by atoms with Crippen molar-refractivity contribution in [1.82, 2.24) is 20.2 Å². The van der Waals surface area contributed by atoms with E-state index in [0.29, 0.717) is 23.0 Å². The fraction of sp³-hybridized carbons (Fsp3) is 0.444. The number of amides is 2. The molecule has 6 nitrogen and oxygen atoms in total. The van der Waals surface area contributed by atoms with E-state index < -0.39 is 0 Å². The topological polar surface area (TPSA) is 75.5 Å². The lowest BCUT2D eigenvalue weighted by molar-refractivity contribution is 0.0861. The van der Waals surface area contributed by atoms with Gasteiger partial charge in [-0.05, 0) is 90.7 Å². The molecule has 0 saturated heterocycles. The number of carbonyl (C=O) groups excluding carboxylic acids is 2. The number of pyridine rings is 1. The van der Waals surface area contributed by atoms with Gasteiger partial charge in [0.05, 0.1) is 11.1 Å². The Balaban J connectivity index is 1.15. The van der Waals surface area contributed by atoms with Crippen LogP contribution in [0, 0.1) is 28.5 Å². The maximum atomic E-state index is 13.2. The van der Waals surface area contributed by atoms with Crippen molar-refractivity contribution in [2.75, 3.05) is 6.54 Å². The fourth-order valence-electron chi connectivity index (χ4n) is 7.03. The molecule has 3 aliphatic rings. The number of benzene rings is 1. The first kappa shape index (κ1) is 21.3. The molecule has 3 fully saturated rings. The predicted octanol–water partition coefficient (Wildman–Crippen LogP) is 4.35. The van der Waals surface area contributed by atoms with E-state index in [1.807, 2.05) is 0 Å². The molecule has 1 spiro atoms. The van der Waals surface area contributed by atoms with Crippen LogP contribution in [0.2, 0.25) is 0 Å². The molecule has 2 amide bonds. The molecule has 0 radical (unpaired) electrons. The number of halogens is 1. The Labute approximate surface area is 197 Å². The number of aromatic nitrogens is 2. The van der Waals surface area contributed by atoms with Gasteiger partial charge in [0.1, 0.15) is 5.82 Å². The van der Waals surface area contributed by atoms with Crippen LogP contribution in [0.3, 0.4) is 0 Å². The van der Waals surface area contributed by atoms with Crippen LogP contribution in [0.25, 0.3) is 5.52 Å². The molecule has 2 bridgehead atoms. The monoisotopic (exact) mass is 460 g/mol. The maximum absolute atomic E-state index is 13.2. The summed E-state index contributed by atoms with van der Waals surface area (Å²) in [7, 11) is 0. The zero-order chi connectivity index (χ0) is 23.5. The smallest absolute Gasteiger partial charge is 0.272 e. The standard InChI is InChI=1S/C27H29FN4O2/c1-17-10-26(12-19-13-27(19,11-17)15-26)16-30-24(33)21-3-2-8-32-23(21)9-22(31-32)25(34)29-14-18-4-6-20(28)7-5-18/h2-9,17,19H,10-16H2,1H3,(H,29,34)(H,30,33). The third-order valence-corrected chi connectivity index (χ3v) is 8.27. The number of hydrogen-bond acceptors (Lipinski definition) is 3. The Morgan fingerprint density at radius 2 is 1.91 bits per heavy atom. The lowest BCUT2D eigenvalue weighted by Crippen LogP contribution is -2.40. The Bertz CT molecular complexity index is 1280. The molecule has 2 aromatic heterocycles. The Hall–Kier alpha value is -3.22. The van der Waals surface area contributed by atoms with Crippen LogP contribution < -0.4 is 10.6 Å². The van der Waals surface area contributed by atoms with Gasteiger partial charge in [-0.25, -0.2) is 8.91 Å². The fourth-order valence-corrected chi connectivity index (χ4v) is 7.03. The number of hydrogen-bond donors (Lipinski definition) is 2. The summed E-state index contributed by atoms with van der Waals surface area (Å²) in [5.41, 5.74) is 2.97. The van der Waals surface area contributed by atoms with Gasteiger partial charge in [0.2, 0.25) is 0 Å². The highest BCUT2D eigenvalue weighted by Gasteiger charge is 2.67. The van der Waals surface area contributed by atoms with Crippen molar-refractivity contribution in [3.8, 4) is 0 Å². The minimum Gasteiger partial charge on any atom is -0.351 e. The number of rotatable bonds is 6. The Kier molecular flexibility index (Phi) is 4.80. The summed E-state index contributed by atoms with van der Waals surface area (Å²) >= 11 is 0. The van der Waals surface area contributed by atoms with Crippen LogP contribution in [-0.4, -0.2) is 28.0 Å². The van der Waals surface area contributed by atoms with E-state index in [9.17, 15) is 14.0 Å². The molecular formula is C27H29FN4O2. The van der Waals surface area contributed by atoms with Gasteiger partial charge in [0.25, 0.3) is 11.8 Å². The quantitative estimate of drug-likeness (QED) is 0.574. The van der Waals surface area contributed by atoms with Crippen molar-refractivity contribution < 1.29 is 14.0 Å². The molecule has 0 aliphatic heterocycles. The predicted molar refractivity (Wildman–Crippen MR) is 126 cm³/mol. The highest BCUT2D eigenvalue weighted by molar-refractivity contribution is 6.02. The van der Waals surface area contributed by atoms with Crippen LogP contribution in [0.4, 0.5) is 4.39 Å². The summed E-state index contributed by atoms with van der Waals surface area (Å²) in [6.45, 7) is 3.34. The van der Waals surface area contributed by atoms with Crippen LogP contribution in [0.1, 0.15) is 65.4 Å². The summed E-state index contributed by atoms with van der Waals surface area (Å²) in [6.07, 6.45) is 8.17. The molecule has 176 valence electrons. The molecule has 7 heteroatoms. The first-order valence-electron chi connectivity index (χ1n) is 12.1. The van der Waals surface area contributed by atoms with Gasteiger partial charge in [-0.2, -0.15) is 5.10 Å². The van der Waals surface area contributed by atoms with E-state index in [1.54, 1.807) is 41.0 Å². The molecule has 3 aromatic rings. The maximum Gasteiger partial charge on any atom is 0.272 e. The third-order valence-electron chi connectivity index (χ3n) is 8.27. The summed E-state index contributed by atoms with van der Waals surface area (Å²) in [6, 6.07) is 11.2. The molecule has 4 unspecified atom stereocenters. The van der Waals surface area contributed by atoms with Gasteiger partial charge in [0, 0.05) is 19.3 Å². The highest BCUT2D eigenvalue weighted by Crippen LogP contribution is 2.75. The first-order chi connectivity index (χ1) is 16.3. The van der Waals surface area contributed by atoms with Crippen molar-refractivity contribution in [2.24, 2.45) is 22.7 Å². The molecule has 3 saturated carbocycles. The number of fused-ring (bicyclic) bond motifs is 2. The van der Waals surface area contributed by atoms with Gasteiger partial charge in [0.15, 0.2) is 5.69 Å². The van der Waals surface area contributed by atoms with E-state index in [1.165, 1.54) is 44.2 Å². The Morgan fingerprint density at radius 3 is 2.74 bits per heavy atom. The van der Waals surface area contributed by atoms with Gasteiger partial charge in [-0.1, -0.05) is 19.1 Å². The van der Waals surface area contributed by atoms with Crippen LogP contribution in [0.5, 0.6) is 0 Å². The number of nitrogens with one attached hydrogen (secondary N) is 2. The highest BCUT2D eigenvalue weighted by atomic mass is 19.1. The summed E-state index contributed by atoms with van der Waals surface area (Å²) < 4.78 is 14.7. The molecule has 2 N–H and O–H groups in total. The van der Waals surface area contributed by atoms with Crippen molar-refractivity contribution in [3.05, 3.63) is 71.3 Å². The largest absolute Gasteiger partial charge is 0.351 e. The Morgan fingerprint density at radius 1 is 1.09 bits per heavy atom. The lowest BCUT2D eigenvalue weighted by Gasteiger charge is -2.40. The molecule has 2 heterocycles. The van der Waals surface area contributed by atoms with Gasteiger partial charge < -0.3 is 10.6 Å². The van der Waals surface area contributed by atoms with Crippen molar-refractivity contribution in [3.63, 3.8) is 0 Å². The molecule has 4 atom stereocenters. The van der Waals surface area contributed by atoms with Crippen LogP contribution in [0.15, 0.2) is 48.7 Å². The van der Waals surface area contributed by atoms with E-state index in [-0.39, 0.29) is 35.3 Å². The number of carbonyl (C=O) groups is 2. The lowest BCUT2D eigenvalue weighted by atomic mass is 9.67. The molecule has 1 aromatic carbocycles. The van der Waals surface area contributed by atoms with E-state index in [4.69, 9.17) is 0 Å². The van der Waals surface area contributed by atoms with Gasteiger partial charge >= 0.3 is 0 Å². The first-order valence-corrected chi connectivity index (χ1v) is 12.1. The van der Waals surface area contributed by atoms with E-state index in [2.05, 4.69) is 22.7 Å². The zero-order valence-corrected chi connectivity index (χ0v) is 19.3. The van der Waals surface area contributed by atoms with Crippen molar-refractivity contribution in [2.45, 2.75) is 45.6 Å². The second-order valence-corrected chi connectivity index (χ2v) is 10.9. The van der Waals surface area contributed by atoms with Crippen molar-refractivity contribution in [1.29, 1.82) is 0 Å².